The summed E-state index contributed by atoms with van der Waals surface area (Å²) in [6, 6.07) is 0. The summed E-state index contributed by atoms with van der Waals surface area (Å²) in [7, 11) is 0. The minimum atomic E-state index is 0.812. The van der Waals surface area contributed by atoms with Gasteiger partial charge in [-0.05, 0) is 31.1 Å². The van der Waals surface area contributed by atoms with Crippen LogP contribution in [0.2, 0.25) is 0 Å². The molecule has 1 rings (SSSR count). The van der Waals surface area contributed by atoms with Crippen LogP contribution in [0, 0.1) is 11.8 Å². The zero-order valence-corrected chi connectivity index (χ0v) is 9.92. The molecule has 0 radical (unpaired) electrons. The Labute approximate surface area is 89.1 Å². The fourth-order valence-electron chi connectivity index (χ4n) is 2.27. The van der Waals surface area contributed by atoms with Gasteiger partial charge in [-0.1, -0.05) is 57.4 Å². The molecule has 0 saturated carbocycles. The second kappa shape index (κ2) is 6.06. The van der Waals surface area contributed by atoms with Crippen LogP contribution >= 0.6 is 0 Å². The maximum absolute atomic E-state index is 2.42. The molecule has 0 N–H and O–H groups in total. The summed E-state index contributed by atoms with van der Waals surface area (Å²) in [4.78, 5) is 0. The van der Waals surface area contributed by atoms with E-state index in [1.807, 2.05) is 0 Å². The van der Waals surface area contributed by atoms with Crippen molar-refractivity contribution in [1.82, 2.24) is 0 Å². The van der Waals surface area contributed by atoms with Crippen LogP contribution in [0.15, 0.2) is 23.8 Å². The van der Waals surface area contributed by atoms with E-state index in [2.05, 4.69) is 39.0 Å². The molecule has 0 heteroatoms. The van der Waals surface area contributed by atoms with Gasteiger partial charge in [-0.2, -0.15) is 0 Å². The SMILES string of the molecule is CCCC(C)CC1C=CC(CC)=CC1. The molecule has 2 atom stereocenters. The second-order valence-electron chi connectivity index (χ2n) is 4.62. The summed E-state index contributed by atoms with van der Waals surface area (Å²) in [5.74, 6) is 1.71. The van der Waals surface area contributed by atoms with E-state index in [9.17, 15) is 0 Å². The van der Waals surface area contributed by atoms with Gasteiger partial charge in [0.15, 0.2) is 0 Å². The average molecular weight is 192 g/mol. The van der Waals surface area contributed by atoms with Gasteiger partial charge in [0.1, 0.15) is 0 Å². The van der Waals surface area contributed by atoms with Gasteiger partial charge in [0.25, 0.3) is 0 Å². The standard InChI is InChI=1S/C14H24/c1-4-6-12(3)11-14-9-7-13(5-2)8-10-14/h7-9,12,14H,4-6,10-11H2,1-3H3. The van der Waals surface area contributed by atoms with Crippen LogP contribution in [0.4, 0.5) is 0 Å². The Hall–Kier alpha value is -0.520. The quantitative estimate of drug-likeness (QED) is 0.591. The van der Waals surface area contributed by atoms with Crippen LogP contribution in [0.3, 0.4) is 0 Å². The molecule has 1 aliphatic rings. The topological polar surface area (TPSA) is 0 Å². The van der Waals surface area contributed by atoms with Gasteiger partial charge in [-0.15, -0.1) is 0 Å². The van der Waals surface area contributed by atoms with Crippen LogP contribution in [-0.4, -0.2) is 0 Å². The van der Waals surface area contributed by atoms with Crippen LogP contribution in [0.25, 0.3) is 0 Å². The fourth-order valence-corrected chi connectivity index (χ4v) is 2.27. The molecule has 0 nitrogen and oxygen atoms in total. The molecule has 0 aliphatic heterocycles. The Bertz CT molecular complexity index is 210. The maximum atomic E-state index is 2.42. The van der Waals surface area contributed by atoms with Crippen molar-refractivity contribution < 1.29 is 0 Å². The summed E-state index contributed by atoms with van der Waals surface area (Å²) >= 11 is 0. The third-order valence-electron chi connectivity index (χ3n) is 3.16. The first-order valence-corrected chi connectivity index (χ1v) is 6.13. The van der Waals surface area contributed by atoms with Gasteiger partial charge in [0.2, 0.25) is 0 Å². The van der Waals surface area contributed by atoms with Crippen molar-refractivity contribution in [3.05, 3.63) is 23.8 Å². The molecule has 0 aromatic rings. The molecule has 2 unspecified atom stereocenters. The predicted molar refractivity (Wildman–Crippen MR) is 64.3 cm³/mol. The summed E-state index contributed by atoms with van der Waals surface area (Å²) in [5.41, 5.74) is 1.52. The highest BCUT2D eigenvalue weighted by molar-refractivity contribution is 5.23. The first-order valence-electron chi connectivity index (χ1n) is 6.13. The lowest BCUT2D eigenvalue weighted by molar-refractivity contribution is 0.417. The Morgan fingerprint density at radius 2 is 2.21 bits per heavy atom. The highest BCUT2D eigenvalue weighted by Gasteiger charge is 2.11. The van der Waals surface area contributed by atoms with Crippen LogP contribution in [-0.2, 0) is 0 Å². The van der Waals surface area contributed by atoms with Gasteiger partial charge in [-0.3, -0.25) is 0 Å². The molecule has 14 heavy (non-hydrogen) atoms. The zero-order valence-electron chi connectivity index (χ0n) is 9.92. The Morgan fingerprint density at radius 1 is 1.43 bits per heavy atom. The van der Waals surface area contributed by atoms with Crippen molar-refractivity contribution in [3.63, 3.8) is 0 Å². The highest BCUT2D eigenvalue weighted by Crippen LogP contribution is 2.25. The summed E-state index contributed by atoms with van der Waals surface area (Å²) in [6.45, 7) is 6.90. The van der Waals surface area contributed by atoms with E-state index >= 15 is 0 Å². The minimum Gasteiger partial charge on any atom is -0.0808 e. The van der Waals surface area contributed by atoms with Gasteiger partial charge >= 0.3 is 0 Å². The lowest BCUT2D eigenvalue weighted by atomic mass is 9.87. The molecule has 0 amide bonds. The molecular formula is C14H24. The largest absolute Gasteiger partial charge is 0.0808 e. The third-order valence-corrected chi connectivity index (χ3v) is 3.16. The summed E-state index contributed by atoms with van der Waals surface area (Å²) in [5, 5.41) is 0. The van der Waals surface area contributed by atoms with E-state index in [1.54, 1.807) is 0 Å². The Morgan fingerprint density at radius 3 is 2.71 bits per heavy atom. The molecule has 0 fully saturated rings. The van der Waals surface area contributed by atoms with E-state index in [0.29, 0.717) is 0 Å². The zero-order chi connectivity index (χ0) is 10.4. The lowest BCUT2D eigenvalue weighted by Crippen LogP contribution is -2.06. The second-order valence-corrected chi connectivity index (χ2v) is 4.62. The molecule has 0 aromatic carbocycles. The predicted octanol–water partition coefficient (Wildman–Crippen LogP) is 4.73. The van der Waals surface area contributed by atoms with Crippen molar-refractivity contribution in [1.29, 1.82) is 0 Å². The molecule has 0 bridgehead atoms. The number of rotatable bonds is 5. The fraction of sp³-hybridized carbons (Fsp3) is 0.714. The van der Waals surface area contributed by atoms with E-state index in [0.717, 1.165) is 11.8 Å². The summed E-state index contributed by atoms with van der Waals surface area (Å²) in [6.07, 6.45) is 13.7. The molecule has 0 saturated heterocycles. The third kappa shape index (κ3) is 3.69. The lowest BCUT2D eigenvalue weighted by Gasteiger charge is -2.19. The van der Waals surface area contributed by atoms with Crippen LogP contribution < -0.4 is 0 Å². The van der Waals surface area contributed by atoms with Crippen molar-refractivity contribution in [2.24, 2.45) is 11.8 Å². The molecule has 80 valence electrons. The van der Waals surface area contributed by atoms with E-state index in [4.69, 9.17) is 0 Å². The smallest absolute Gasteiger partial charge is 0.0193 e. The highest BCUT2D eigenvalue weighted by atomic mass is 14.2. The Balaban J connectivity index is 2.30. The first kappa shape index (κ1) is 11.6. The van der Waals surface area contributed by atoms with Crippen LogP contribution in [0.5, 0.6) is 0 Å². The van der Waals surface area contributed by atoms with Gasteiger partial charge in [-0.25, -0.2) is 0 Å². The van der Waals surface area contributed by atoms with Gasteiger partial charge in [0, 0.05) is 0 Å². The van der Waals surface area contributed by atoms with E-state index < -0.39 is 0 Å². The van der Waals surface area contributed by atoms with Gasteiger partial charge in [0.05, 0.1) is 0 Å². The monoisotopic (exact) mass is 192 g/mol. The first-order chi connectivity index (χ1) is 6.76. The average Bonchev–Trinajstić information content (AvgIpc) is 2.19. The number of hydrogen-bond donors (Lipinski definition) is 0. The van der Waals surface area contributed by atoms with Gasteiger partial charge < -0.3 is 0 Å². The molecule has 0 spiro atoms. The van der Waals surface area contributed by atoms with E-state index in [-0.39, 0.29) is 0 Å². The molecule has 0 aromatic heterocycles. The maximum Gasteiger partial charge on any atom is -0.0193 e. The number of allylic oxidation sites excluding steroid dienone is 4. The van der Waals surface area contributed by atoms with Crippen molar-refractivity contribution >= 4 is 0 Å². The number of hydrogen-bond acceptors (Lipinski definition) is 0. The van der Waals surface area contributed by atoms with E-state index in [1.165, 1.54) is 37.7 Å². The normalized spacial score (nSPS) is 23.4. The summed E-state index contributed by atoms with van der Waals surface area (Å²) < 4.78 is 0. The van der Waals surface area contributed by atoms with Crippen molar-refractivity contribution in [3.8, 4) is 0 Å². The molecule has 1 aliphatic carbocycles. The van der Waals surface area contributed by atoms with Crippen molar-refractivity contribution in [2.45, 2.75) is 52.9 Å². The minimum absolute atomic E-state index is 0.812. The molecular weight excluding hydrogens is 168 g/mol. The van der Waals surface area contributed by atoms with Crippen molar-refractivity contribution in [2.75, 3.05) is 0 Å². The van der Waals surface area contributed by atoms with Crippen LogP contribution in [0.1, 0.15) is 52.9 Å². The Kier molecular flexibility index (Phi) is 5.00. The molecule has 0 heterocycles.